The van der Waals surface area contributed by atoms with E-state index in [1.54, 1.807) is 18.4 Å². The molecule has 0 unspecified atom stereocenters. The number of carboxylic acid groups (broad SMARTS) is 1. The van der Waals surface area contributed by atoms with Gasteiger partial charge in [0.1, 0.15) is 5.76 Å². The second kappa shape index (κ2) is 6.40. The predicted molar refractivity (Wildman–Crippen MR) is 80.2 cm³/mol. The van der Waals surface area contributed by atoms with Crippen molar-refractivity contribution in [2.45, 2.75) is 6.54 Å². The monoisotopic (exact) mass is 310 g/mol. The van der Waals surface area contributed by atoms with Crippen molar-refractivity contribution in [2.75, 3.05) is 5.32 Å². The van der Waals surface area contributed by atoms with Gasteiger partial charge in [0, 0.05) is 0 Å². The van der Waals surface area contributed by atoms with Crippen molar-refractivity contribution >= 4 is 40.6 Å². The minimum absolute atomic E-state index is 0.120. The van der Waals surface area contributed by atoms with Gasteiger partial charge in [-0.25, -0.2) is 4.79 Å². The van der Waals surface area contributed by atoms with E-state index in [1.165, 1.54) is 12.1 Å². The summed E-state index contributed by atoms with van der Waals surface area (Å²) in [5.74, 6) is -0.279. The lowest BCUT2D eigenvalue weighted by molar-refractivity contribution is 0.0697. The maximum absolute atomic E-state index is 10.8. The smallest absolute Gasteiger partial charge is 0.335 e. The standard InChI is InChI=1S/C13H11ClN2O3S/c14-10-6-8(12(17)18)3-4-11(10)16-13(20)15-7-9-2-1-5-19-9/h1-6H,7H2,(H,17,18)(H2,15,16,20). The van der Waals surface area contributed by atoms with Crippen LogP contribution in [-0.4, -0.2) is 16.2 Å². The van der Waals surface area contributed by atoms with Crippen LogP contribution in [0.15, 0.2) is 41.0 Å². The Labute approximate surface area is 125 Å². The van der Waals surface area contributed by atoms with E-state index in [-0.39, 0.29) is 10.6 Å². The number of carbonyl (C=O) groups is 1. The molecule has 0 bridgehead atoms. The van der Waals surface area contributed by atoms with Crippen molar-refractivity contribution in [3.05, 3.63) is 52.9 Å². The van der Waals surface area contributed by atoms with E-state index >= 15 is 0 Å². The number of rotatable bonds is 4. The average molecular weight is 311 g/mol. The minimum atomic E-state index is -1.03. The van der Waals surface area contributed by atoms with Crippen LogP contribution in [0.2, 0.25) is 5.02 Å². The Hall–Kier alpha value is -2.05. The summed E-state index contributed by atoms with van der Waals surface area (Å²) in [6, 6.07) is 7.99. The highest BCUT2D eigenvalue weighted by atomic mass is 35.5. The number of aromatic carboxylic acids is 1. The zero-order valence-corrected chi connectivity index (χ0v) is 11.8. The van der Waals surface area contributed by atoms with Gasteiger partial charge in [-0.2, -0.15) is 0 Å². The molecule has 0 fully saturated rings. The molecule has 20 heavy (non-hydrogen) atoms. The topological polar surface area (TPSA) is 74.5 Å². The van der Waals surface area contributed by atoms with Gasteiger partial charge in [-0.3, -0.25) is 0 Å². The Bertz CT molecular complexity index is 629. The molecule has 0 aliphatic carbocycles. The van der Waals surface area contributed by atoms with Crippen LogP contribution < -0.4 is 10.6 Å². The fourth-order valence-corrected chi connectivity index (χ4v) is 1.91. The molecule has 2 aromatic rings. The first-order chi connectivity index (χ1) is 9.56. The molecule has 0 spiro atoms. The molecule has 1 aromatic heterocycles. The first-order valence-electron chi connectivity index (χ1n) is 5.66. The predicted octanol–water partition coefficient (Wildman–Crippen LogP) is 3.12. The van der Waals surface area contributed by atoms with Crippen LogP contribution in [0.5, 0.6) is 0 Å². The van der Waals surface area contributed by atoms with E-state index in [4.69, 9.17) is 33.3 Å². The molecule has 0 radical (unpaired) electrons. The molecule has 1 aromatic carbocycles. The van der Waals surface area contributed by atoms with Gasteiger partial charge in [0.2, 0.25) is 0 Å². The van der Waals surface area contributed by atoms with E-state index in [9.17, 15) is 4.79 Å². The Morgan fingerprint density at radius 2 is 2.20 bits per heavy atom. The molecule has 104 valence electrons. The highest BCUT2D eigenvalue weighted by molar-refractivity contribution is 7.80. The van der Waals surface area contributed by atoms with Gasteiger partial charge in [-0.1, -0.05) is 11.6 Å². The van der Waals surface area contributed by atoms with Gasteiger partial charge in [0.25, 0.3) is 0 Å². The number of anilines is 1. The molecular weight excluding hydrogens is 300 g/mol. The SMILES string of the molecule is O=C(O)c1ccc(NC(=S)NCc2ccco2)c(Cl)c1. The summed E-state index contributed by atoms with van der Waals surface area (Å²) < 4.78 is 5.16. The third-order valence-electron chi connectivity index (χ3n) is 2.47. The van der Waals surface area contributed by atoms with Crippen molar-refractivity contribution in [3.8, 4) is 0 Å². The van der Waals surface area contributed by atoms with Gasteiger partial charge in [0.15, 0.2) is 5.11 Å². The molecule has 0 atom stereocenters. The largest absolute Gasteiger partial charge is 0.478 e. The number of hydrogen-bond acceptors (Lipinski definition) is 3. The molecule has 0 saturated carbocycles. The molecule has 3 N–H and O–H groups in total. The van der Waals surface area contributed by atoms with E-state index < -0.39 is 5.97 Å². The summed E-state index contributed by atoms with van der Waals surface area (Å²) in [5.41, 5.74) is 0.656. The molecule has 0 aliphatic rings. The lowest BCUT2D eigenvalue weighted by Gasteiger charge is -2.11. The summed E-state index contributed by atoms with van der Waals surface area (Å²) in [6.45, 7) is 0.448. The fraction of sp³-hybridized carbons (Fsp3) is 0.0769. The molecule has 2 rings (SSSR count). The summed E-state index contributed by atoms with van der Waals surface area (Å²) >= 11 is 11.1. The third kappa shape index (κ3) is 3.72. The van der Waals surface area contributed by atoms with E-state index in [2.05, 4.69) is 10.6 Å². The van der Waals surface area contributed by atoms with Crippen LogP contribution in [0, 0.1) is 0 Å². The molecule has 0 amide bonds. The molecule has 5 nitrogen and oxygen atoms in total. The average Bonchev–Trinajstić information content (AvgIpc) is 2.91. The van der Waals surface area contributed by atoms with Crippen LogP contribution in [0.3, 0.4) is 0 Å². The van der Waals surface area contributed by atoms with Gasteiger partial charge in [0.05, 0.1) is 29.1 Å². The van der Waals surface area contributed by atoms with Crippen LogP contribution in [0.25, 0.3) is 0 Å². The first kappa shape index (κ1) is 14.4. The Kier molecular flexibility index (Phi) is 4.60. The van der Waals surface area contributed by atoms with Crippen LogP contribution in [-0.2, 0) is 6.54 Å². The maximum Gasteiger partial charge on any atom is 0.335 e. The Morgan fingerprint density at radius 3 is 2.80 bits per heavy atom. The number of furan rings is 1. The van der Waals surface area contributed by atoms with E-state index in [1.807, 2.05) is 6.07 Å². The quantitative estimate of drug-likeness (QED) is 0.753. The number of thiocarbonyl (C=S) groups is 1. The second-order valence-corrected chi connectivity index (χ2v) is 4.70. The lowest BCUT2D eigenvalue weighted by Crippen LogP contribution is -2.27. The summed E-state index contributed by atoms with van der Waals surface area (Å²) in [6.07, 6.45) is 1.58. The number of nitrogens with one attached hydrogen (secondary N) is 2. The lowest BCUT2D eigenvalue weighted by atomic mass is 10.2. The van der Waals surface area contributed by atoms with E-state index in [0.29, 0.717) is 17.3 Å². The maximum atomic E-state index is 10.8. The summed E-state index contributed by atoms with van der Waals surface area (Å²) in [5, 5.41) is 15.3. The normalized spacial score (nSPS) is 10.1. The van der Waals surface area contributed by atoms with Crippen molar-refractivity contribution in [3.63, 3.8) is 0 Å². The number of benzene rings is 1. The zero-order valence-electron chi connectivity index (χ0n) is 10.2. The third-order valence-corrected chi connectivity index (χ3v) is 3.03. The van der Waals surface area contributed by atoms with Gasteiger partial charge < -0.3 is 20.2 Å². The van der Waals surface area contributed by atoms with Crippen LogP contribution in [0.1, 0.15) is 16.1 Å². The summed E-state index contributed by atoms with van der Waals surface area (Å²) in [7, 11) is 0. The second-order valence-electron chi connectivity index (χ2n) is 3.89. The molecular formula is C13H11ClN2O3S. The Balaban J connectivity index is 1.95. The molecule has 7 heteroatoms. The fourth-order valence-electron chi connectivity index (χ4n) is 1.50. The molecule has 1 heterocycles. The highest BCUT2D eigenvalue weighted by Gasteiger charge is 2.08. The van der Waals surface area contributed by atoms with Crippen molar-refractivity contribution in [1.82, 2.24) is 5.32 Å². The Morgan fingerprint density at radius 1 is 1.40 bits per heavy atom. The number of carboxylic acids is 1. The number of halogens is 1. The minimum Gasteiger partial charge on any atom is -0.478 e. The summed E-state index contributed by atoms with van der Waals surface area (Å²) in [4.78, 5) is 10.8. The number of hydrogen-bond donors (Lipinski definition) is 3. The van der Waals surface area contributed by atoms with Crippen molar-refractivity contribution < 1.29 is 14.3 Å². The molecule has 0 saturated heterocycles. The van der Waals surface area contributed by atoms with Crippen molar-refractivity contribution in [1.29, 1.82) is 0 Å². The van der Waals surface area contributed by atoms with Crippen LogP contribution in [0.4, 0.5) is 5.69 Å². The van der Waals surface area contributed by atoms with Gasteiger partial charge >= 0.3 is 5.97 Å². The van der Waals surface area contributed by atoms with Crippen molar-refractivity contribution in [2.24, 2.45) is 0 Å². The van der Waals surface area contributed by atoms with E-state index in [0.717, 1.165) is 5.76 Å². The van der Waals surface area contributed by atoms with Gasteiger partial charge in [-0.15, -0.1) is 0 Å². The van der Waals surface area contributed by atoms with Gasteiger partial charge in [-0.05, 0) is 42.5 Å². The highest BCUT2D eigenvalue weighted by Crippen LogP contribution is 2.23. The molecule has 0 aliphatic heterocycles. The van der Waals surface area contributed by atoms with Crippen LogP contribution >= 0.6 is 23.8 Å². The first-order valence-corrected chi connectivity index (χ1v) is 6.45. The zero-order chi connectivity index (χ0) is 14.5.